The van der Waals surface area contributed by atoms with Crippen LogP contribution in [0.2, 0.25) is 15.1 Å². The molecular weight excluding hydrogens is 587 g/mol. The quantitative estimate of drug-likeness (QED) is 0.108. The Labute approximate surface area is 238 Å². The van der Waals surface area contributed by atoms with Gasteiger partial charge in [0, 0.05) is 26.7 Å². The summed E-state index contributed by atoms with van der Waals surface area (Å²) in [6.07, 6.45) is 1.14. The Bertz CT molecular complexity index is 1640. The molecule has 0 aliphatic carbocycles. The van der Waals surface area contributed by atoms with Crippen molar-refractivity contribution in [2.45, 2.75) is 4.90 Å². The van der Waals surface area contributed by atoms with Gasteiger partial charge in [0.1, 0.15) is 11.5 Å². The maximum absolute atomic E-state index is 12.8. The van der Waals surface area contributed by atoms with Crippen molar-refractivity contribution >= 4 is 63.0 Å². The van der Waals surface area contributed by atoms with Crippen molar-refractivity contribution in [3.8, 4) is 11.5 Å². The highest BCUT2D eigenvalue weighted by atomic mass is 35.5. The van der Waals surface area contributed by atoms with E-state index < -0.39 is 22.0 Å². The highest BCUT2D eigenvalue weighted by Gasteiger charge is 2.16. The largest absolute Gasteiger partial charge is 0.423 e. The third-order valence-electron chi connectivity index (χ3n) is 5.06. The van der Waals surface area contributed by atoms with Crippen LogP contribution in [0.5, 0.6) is 11.5 Å². The van der Waals surface area contributed by atoms with Gasteiger partial charge in [-0.1, -0.05) is 34.8 Å². The molecule has 0 saturated heterocycles. The fraction of sp³-hybridized carbons (Fsp3) is 0. The zero-order valence-corrected chi connectivity index (χ0v) is 22.8. The molecule has 4 aromatic rings. The molecule has 0 bridgehead atoms. The number of nitrogens with zero attached hydrogens (tertiary/aromatic N) is 1. The number of hydrogen-bond acceptors (Lipinski definition) is 7. The van der Waals surface area contributed by atoms with Gasteiger partial charge in [-0.15, -0.1) is 0 Å². The van der Waals surface area contributed by atoms with E-state index in [1.54, 1.807) is 12.1 Å². The molecule has 4 rings (SSSR count). The second-order valence-corrected chi connectivity index (χ2v) is 10.8. The molecule has 198 valence electrons. The zero-order valence-electron chi connectivity index (χ0n) is 19.7. The summed E-state index contributed by atoms with van der Waals surface area (Å²) in [5.41, 5.74) is 0.665. The van der Waals surface area contributed by atoms with E-state index in [0.717, 1.165) is 6.21 Å². The van der Waals surface area contributed by atoms with E-state index >= 15 is 0 Å². The smallest absolute Gasteiger partial charge is 0.343 e. The summed E-state index contributed by atoms with van der Waals surface area (Å²) in [6.45, 7) is 0. The number of carbonyl (C=O) groups excluding carboxylic acids is 2. The minimum Gasteiger partial charge on any atom is -0.423 e. The van der Waals surface area contributed by atoms with E-state index in [1.807, 2.05) is 0 Å². The minimum atomic E-state index is -3.99. The topological polar surface area (TPSA) is 111 Å². The maximum Gasteiger partial charge on any atom is 0.343 e. The van der Waals surface area contributed by atoms with Crippen molar-refractivity contribution in [3.05, 3.63) is 123 Å². The number of halogens is 3. The predicted octanol–water partition coefficient (Wildman–Crippen LogP) is 6.40. The molecule has 0 atom stereocenters. The lowest BCUT2D eigenvalue weighted by Gasteiger charge is -2.11. The third-order valence-corrected chi connectivity index (χ3v) is 7.05. The van der Waals surface area contributed by atoms with Crippen LogP contribution in [0.4, 0.5) is 0 Å². The summed E-state index contributed by atoms with van der Waals surface area (Å²) in [5.74, 6) is -1.39. The predicted molar refractivity (Wildman–Crippen MR) is 149 cm³/mol. The van der Waals surface area contributed by atoms with E-state index in [-0.39, 0.29) is 33.1 Å². The summed E-state index contributed by atoms with van der Waals surface area (Å²) >= 11 is 17.6. The molecule has 0 spiro atoms. The van der Waals surface area contributed by atoms with Crippen LogP contribution < -0.4 is 14.3 Å². The molecule has 0 radical (unpaired) electrons. The van der Waals surface area contributed by atoms with Crippen molar-refractivity contribution in [1.29, 1.82) is 0 Å². The van der Waals surface area contributed by atoms with Gasteiger partial charge in [-0.2, -0.15) is 13.5 Å². The zero-order chi connectivity index (χ0) is 28.0. The van der Waals surface area contributed by atoms with E-state index in [2.05, 4.69) is 9.93 Å². The SMILES string of the molecule is O=C(Oc1ccc(/C=N\NS(=O)(=O)c2ccc(Cl)cc2)c(OC(=O)c2ccc(Cl)cc2)c1)c1ccc(Cl)cc1. The Hall–Kier alpha value is -3.89. The highest BCUT2D eigenvalue weighted by molar-refractivity contribution is 7.89. The molecule has 0 aromatic heterocycles. The van der Waals surface area contributed by atoms with Crippen LogP contribution in [0.3, 0.4) is 0 Å². The van der Waals surface area contributed by atoms with Gasteiger partial charge in [-0.25, -0.2) is 14.4 Å². The molecule has 0 heterocycles. The van der Waals surface area contributed by atoms with Gasteiger partial charge in [-0.05, 0) is 84.9 Å². The Kier molecular flexibility index (Phi) is 8.88. The van der Waals surface area contributed by atoms with Crippen molar-refractivity contribution < 1.29 is 27.5 Å². The lowest BCUT2D eigenvalue weighted by Crippen LogP contribution is -2.18. The van der Waals surface area contributed by atoms with Crippen molar-refractivity contribution in [3.63, 3.8) is 0 Å². The van der Waals surface area contributed by atoms with Crippen LogP contribution >= 0.6 is 34.8 Å². The number of benzene rings is 4. The lowest BCUT2D eigenvalue weighted by atomic mass is 10.2. The first-order chi connectivity index (χ1) is 18.6. The van der Waals surface area contributed by atoms with Crippen LogP contribution in [-0.4, -0.2) is 26.6 Å². The Morgan fingerprint density at radius 2 is 1.18 bits per heavy atom. The van der Waals surface area contributed by atoms with Gasteiger partial charge >= 0.3 is 11.9 Å². The molecule has 0 aliphatic rings. The Morgan fingerprint density at radius 1 is 0.692 bits per heavy atom. The number of nitrogens with one attached hydrogen (secondary N) is 1. The molecule has 0 saturated carbocycles. The Balaban J connectivity index is 1.59. The van der Waals surface area contributed by atoms with Crippen LogP contribution in [0, 0.1) is 0 Å². The van der Waals surface area contributed by atoms with Gasteiger partial charge in [0.25, 0.3) is 10.0 Å². The summed E-state index contributed by atoms with van der Waals surface area (Å²) in [4.78, 5) is 27.3. The first kappa shape index (κ1) is 28.1. The molecule has 39 heavy (non-hydrogen) atoms. The van der Waals surface area contributed by atoms with Crippen molar-refractivity contribution in [2.75, 3.05) is 0 Å². The number of hydrogen-bond donors (Lipinski definition) is 1. The lowest BCUT2D eigenvalue weighted by molar-refractivity contribution is 0.0732. The summed E-state index contributed by atoms with van der Waals surface area (Å²) < 4.78 is 35.9. The van der Waals surface area contributed by atoms with Gasteiger partial charge in [0.2, 0.25) is 0 Å². The van der Waals surface area contributed by atoms with Crippen LogP contribution in [-0.2, 0) is 10.0 Å². The average Bonchev–Trinajstić information content (AvgIpc) is 2.91. The second kappa shape index (κ2) is 12.3. The van der Waals surface area contributed by atoms with Crippen molar-refractivity contribution in [1.82, 2.24) is 4.83 Å². The van der Waals surface area contributed by atoms with Crippen molar-refractivity contribution in [2.24, 2.45) is 5.10 Å². The van der Waals surface area contributed by atoms with Gasteiger partial charge in [0.15, 0.2) is 0 Å². The number of hydrazone groups is 1. The molecule has 12 heteroatoms. The fourth-order valence-corrected chi connectivity index (χ4v) is 4.27. The normalized spacial score (nSPS) is 11.3. The van der Waals surface area contributed by atoms with Gasteiger partial charge in [0.05, 0.1) is 22.2 Å². The first-order valence-corrected chi connectivity index (χ1v) is 13.6. The minimum absolute atomic E-state index is 0.0502. The maximum atomic E-state index is 12.8. The second-order valence-electron chi connectivity index (χ2n) is 7.80. The molecule has 0 aliphatic heterocycles. The number of ether oxygens (including phenoxy) is 2. The van der Waals surface area contributed by atoms with Crippen LogP contribution in [0.15, 0.2) is 101 Å². The van der Waals surface area contributed by atoms with Gasteiger partial charge < -0.3 is 9.47 Å². The Morgan fingerprint density at radius 3 is 1.72 bits per heavy atom. The molecule has 0 amide bonds. The summed E-state index contributed by atoms with van der Waals surface area (Å²) in [5, 5.41) is 5.05. The molecule has 1 N–H and O–H groups in total. The van der Waals surface area contributed by atoms with E-state index in [4.69, 9.17) is 44.3 Å². The average molecular weight is 604 g/mol. The molecule has 0 fully saturated rings. The molecular formula is C27H17Cl3N2O6S. The van der Waals surface area contributed by atoms with Crippen LogP contribution in [0.25, 0.3) is 0 Å². The highest BCUT2D eigenvalue weighted by Crippen LogP contribution is 2.26. The van der Waals surface area contributed by atoms with E-state index in [1.165, 1.54) is 78.9 Å². The molecule has 8 nitrogen and oxygen atoms in total. The number of rotatable bonds is 8. The van der Waals surface area contributed by atoms with E-state index in [0.29, 0.717) is 15.1 Å². The fourth-order valence-electron chi connectivity index (χ4n) is 3.10. The van der Waals surface area contributed by atoms with Crippen LogP contribution in [0.1, 0.15) is 26.3 Å². The van der Waals surface area contributed by atoms with Gasteiger partial charge in [-0.3, -0.25) is 0 Å². The monoisotopic (exact) mass is 602 g/mol. The third kappa shape index (κ3) is 7.58. The van der Waals surface area contributed by atoms with E-state index in [9.17, 15) is 18.0 Å². The molecule has 0 unspecified atom stereocenters. The number of esters is 2. The summed E-state index contributed by atoms with van der Waals surface area (Å²) in [6, 6.07) is 21.8. The number of sulfonamides is 1. The number of carbonyl (C=O) groups is 2. The molecule has 4 aromatic carbocycles. The standard InChI is InChI=1S/C27H17Cl3N2O6S/c28-20-6-1-17(2-7-20)26(33)37-23-12-5-19(16-31-32-39(35,36)24-13-10-22(30)11-14-24)25(15-23)38-27(34)18-3-8-21(29)9-4-18/h1-16,32H/b31-16-. The summed E-state index contributed by atoms with van der Waals surface area (Å²) in [7, 11) is -3.99. The first-order valence-electron chi connectivity index (χ1n) is 11.0.